The van der Waals surface area contributed by atoms with Gasteiger partial charge in [-0.2, -0.15) is 0 Å². The minimum Gasteiger partial charge on any atom is -0.329 e. The standard InChI is InChI=1S/C9H7N3O3/c13-7-2-1-5(4-10-7)3-6-8(14)12-9(15)11-6/h1-4H,(H,10,13)(H2,11,12,14,15)/b6-3+. The normalized spacial score (nSPS) is 17.7. The van der Waals surface area contributed by atoms with Crippen molar-refractivity contribution in [2.24, 2.45) is 0 Å². The highest BCUT2D eigenvalue weighted by Gasteiger charge is 2.22. The minimum atomic E-state index is -0.546. The Bertz CT molecular complexity index is 495. The summed E-state index contributed by atoms with van der Waals surface area (Å²) in [6.45, 7) is 0. The van der Waals surface area contributed by atoms with Crippen LogP contribution in [0.3, 0.4) is 0 Å². The Morgan fingerprint density at radius 2 is 1.87 bits per heavy atom. The lowest BCUT2D eigenvalue weighted by Gasteiger charge is -1.94. The van der Waals surface area contributed by atoms with Gasteiger partial charge in [0.2, 0.25) is 5.56 Å². The third-order valence-electron chi connectivity index (χ3n) is 1.84. The zero-order valence-corrected chi connectivity index (χ0v) is 7.53. The summed E-state index contributed by atoms with van der Waals surface area (Å²) in [6.07, 6.45) is 2.92. The number of aromatic amines is 1. The highest BCUT2D eigenvalue weighted by molar-refractivity contribution is 6.13. The van der Waals surface area contributed by atoms with Crippen LogP contribution in [-0.2, 0) is 4.79 Å². The molecule has 0 unspecified atom stereocenters. The molecule has 3 amide bonds. The van der Waals surface area contributed by atoms with Crippen molar-refractivity contribution in [3.05, 3.63) is 39.9 Å². The van der Waals surface area contributed by atoms with Gasteiger partial charge in [0, 0.05) is 12.3 Å². The van der Waals surface area contributed by atoms with Gasteiger partial charge in [-0.05, 0) is 17.7 Å². The molecule has 0 spiro atoms. The Labute approximate surface area is 84.0 Å². The summed E-state index contributed by atoms with van der Waals surface area (Å²) in [5, 5.41) is 4.41. The van der Waals surface area contributed by atoms with E-state index in [2.05, 4.69) is 15.6 Å². The second-order valence-electron chi connectivity index (χ2n) is 2.95. The predicted molar refractivity (Wildman–Crippen MR) is 51.7 cm³/mol. The van der Waals surface area contributed by atoms with Gasteiger partial charge in [0.1, 0.15) is 5.70 Å². The van der Waals surface area contributed by atoms with Gasteiger partial charge in [-0.3, -0.25) is 14.9 Å². The maximum absolute atomic E-state index is 11.1. The molecule has 1 aromatic heterocycles. The van der Waals surface area contributed by atoms with E-state index in [9.17, 15) is 14.4 Å². The molecule has 2 rings (SSSR count). The largest absolute Gasteiger partial charge is 0.329 e. The Morgan fingerprint density at radius 3 is 2.40 bits per heavy atom. The summed E-state index contributed by atoms with van der Waals surface area (Å²) in [4.78, 5) is 35.1. The van der Waals surface area contributed by atoms with Crippen LogP contribution in [-0.4, -0.2) is 16.9 Å². The predicted octanol–water partition coefficient (Wildman–Crippen LogP) is -0.445. The van der Waals surface area contributed by atoms with Crippen molar-refractivity contribution >= 4 is 18.0 Å². The van der Waals surface area contributed by atoms with Crippen molar-refractivity contribution in [3.8, 4) is 0 Å². The van der Waals surface area contributed by atoms with Crippen LogP contribution in [0.5, 0.6) is 0 Å². The van der Waals surface area contributed by atoms with Gasteiger partial charge in [-0.1, -0.05) is 0 Å². The number of rotatable bonds is 1. The molecule has 1 aliphatic rings. The van der Waals surface area contributed by atoms with Gasteiger partial charge < -0.3 is 10.3 Å². The summed E-state index contributed by atoms with van der Waals surface area (Å²) in [5.41, 5.74) is 0.561. The Morgan fingerprint density at radius 1 is 1.07 bits per heavy atom. The first-order chi connectivity index (χ1) is 7.15. The first-order valence-electron chi connectivity index (χ1n) is 4.18. The molecule has 0 aromatic carbocycles. The zero-order chi connectivity index (χ0) is 10.8. The van der Waals surface area contributed by atoms with E-state index in [1.165, 1.54) is 18.3 Å². The van der Waals surface area contributed by atoms with Crippen molar-refractivity contribution in [2.45, 2.75) is 0 Å². The third kappa shape index (κ3) is 1.93. The summed E-state index contributed by atoms with van der Waals surface area (Å²) < 4.78 is 0. The lowest BCUT2D eigenvalue weighted by atomic mass is 10.2. The Kier molecular flexibility index (Phi) is 2.09. The van der Waals surface area contributed by atoms with E-state index in [-0.39, 0.29) is 11.3 Å². The maximum atomic E-state index is 11.1. The van der Waals surface area contributed by atoms with E-state index in [4.69, 9.17) is 0 Å². The SMILES string of the molecule is O=C1NC(=O)/C(=C\c2ccc(=O)[nH]c2)N1. The van der Waals surface area contributed by atoms with Crippen LogP contribution in [0.2, 0.25) is 0 Å². The number of H-pyrrole nitrogens is 1. The van der Waals surface area contributed by atoms with Crippen molar-refractivity contribution in [1.29, 1.82) is 0 Å². The summed E-state index contributed by atoms with van der Waals surface area (Å²) in [6, 6.07) is 2.33. The van der Waals surface area contributed by atoms with Gasteiger partial charge in [0.05, 0.1) is 0 Å². The summed E-state index contributed by atoms with van der Waals surface area (Å²) in [7, 11) is 0. The molecular weight excluding hydrogens is 198 g/mol. The first-order valence-corrected chi connectivity index (χ1v) is 4.18. The molecule has 1 fully saturated rings. The second kappa shape index (κ2) is 3.41. The average Bonchev–Trinajstić information content (AvgIpc) is 2.49. The zero-order valence-electron chi connectivity index (χ0n) is 7.53. The minimum absolute atomic E-state index is 0.159. The molecule has 0 atom stereocenters. The number of carbonyl (C=O) groups excluding carboxylic acids is 2. The smallest absolute Gasteiger partial charge is 0.326 e. The number of nitrogens with one attached hydrogen (secondary N) is 3. The van der Waals surface area contributed by atoms with Crippen molar-refractivity contribution in [3.63, 3.8) is 0 Å². The number of carbonyl (C=O) groups is 2. The lowest BCUT2D eigenvalue weighted by Crippen LogP contribution is -2.22. The number of aromatic nitrogens is 1. The molecule has 0 aliphatic carbocycles. The molecule has 0 radical (unpaired) electrons. The lowest BCUT2D eigenvalue weighted by molar-refractivity contribution is -0.115. The maximum Gasteiger partial charge on any atom is 0.326 e. The van der Waals surface area contributed by atoms with Crippen molar-refractivity contribution < 1.29 is 9.59 Å². The summed E-state index contributed by atoms with van der Waals surface area (Å²) in [5.74, 6) is -0.480. The van der Waals surface area contributed by atoms with Crippen LogP contribution in [0.25, 0.3) is 6.08 Å². The topological polar surface area (TPSA) is 91.1 Å². The molecule has 15 heavy (non-hydrogen) atoms. The van der Waals surface area contributed by atoms with E-state index >= 15 is 0 Å². The van der Waals surface area contributed by atoms with Gasteiger partial charge in [-0.25, -0.2) is 4.79 Å². The Hall–Kier alpha value is -2.37. The van der Waals surface area contributed by atoms with E-state index < -0.39 is 11.9 Å². The fraction of sp³-hybridized carbons (Fsp3) is 0. The number of urea groups is 1. The van der Waals surface area contributed by atoms with Crippen LogP contribution < -0.4 is 16.2 Å². The van der Waals surface area contributed by atoms with E-state index in [1.54, 1.807) is 6.07 Å². The average molecular weight is 205 g/mol. The molecule has 2 heterocycles. The van der Waals surface area contributed by atoms with Crippen LogP contribution in [0, 0.1) is 0 Å². The number of hydrogen-bond acceptors (Lipinski definition) is 3. The van der Waals surface area contributed by atoms with Crippen molar-refractivity contribution in [2.75, 3.05) is 0 Å². The highest BCUT2D eigenvalue weighted by atomic mass is 16.2. The molecule has 1 aromatic rings. The molecular formula is C9H7N3O3. The molecule has 6 nitrogen and oxygen atoms in total. The summed E-state index contributed by atoms with van der Waals surface area (Å²) >= 11 is 0. The van der Waals surface area contributed by atoms with Crippen LogP contribution in [0.4, 0.5) is 4.79 Å². The van der Waals surface area contributed by atoms with E-state index in [0.29, 0.717) is 5.56 Å². The van der Waals surface area contributed by atoms with Crippen LogP contribution >= 0.6 is 0 Å². The second-order valence-corrected chi connectivity index (χ2v) is 2.95. The fourth-order valence-corrected chi connectivity index (χ4v) is 1.16. The molecule has 1 saturated heterocycles. The van der Waals surface area contributed by atoms with Crippen molar-refractivity contribution in [1.82, 2.24) is 15.6 Å². The quantitative estimate of drug-likeness (QED) is 0.428. The highest BCUT2D eigenvalue weighted by Crippen LogP contribution is 2.05. The third-order valence-corrected chi connectivity index (χ3v) is 1.84. The number of pyridine rings is 1. The molecule has 0 bridgehead atoms. The molecule has 1 aliphatic heterocycles. The number of hydrogen-bond donors (Lipinski definition) is 3. The first kappa shape index (κ1) is 9.20. The molecule has 0 saturated carbocycles. The van der Waals surface area contributed by atoms with Crippen LogP contribution in [0.1, 0.15) is 5.56 Å². The Balaban J connectivity index is 2.30. The molecule has 76 valence electrons. The van der Waals surface area contributed by atoms with Gasteiger partial charge >= 0.3 is 6.03 Å². The van der Waals surface area contributed by atoms with Gasteiger partial charge in [0.25, 0.3) is 5.91 Å². The van der Waals surface area contributed by atoms with E-state index in [0.717, 1.165) is 0 Å². The van der Waals surface area contributed by atoms with Gasteiger partial charge in [-0.15, -0.1) is 0 Å². The number of imide groups is 1. The number of amides is 3. The van der Waals surface area contributed by atoms with E-state index in [1.807, 2.05) is 0 Å². The monoisotopic (exact) mass is 205 g/mol. The van der Waals surface area contributed by atoms with Gasteiger partial charge in [0.15, 0.2) is 0 Å². The molecule has 6 heteroatoms. The fourth-order valence-electron chi connectivity index (χ4n) is 1.16. The van der Waals surface area contributed by atoms with Crippen LogP contribution in [0.15, 0.2) is 28.8 Å². The molecule has 3 N–H and O–H groups in total.